The van der Waals surface area contributed by atoms with Gasteiger partial charge in [-0.1, -0.05) is 5.16 Å². The van der Waals surface area contributed by atoms with Crippen molar-refractivity contribution in [2.45, 2.75) is 58.2 Å². The third-order valence-corrected chi connectivity index (χ3v) is 4.91. The largest absolute Gasteiger partial charge is 0.466 e. The Morgan fingerprint density at radius 3 is 2.50 bits per heavy atom. The Balaban J connectivity index is 1.44. The minimum atomic E-state index is -0.499. The van der Waals surface area contributed by atoms with Crippen molar-refractivity contribution in [2.75, 3.05) is 32.8 Å². The Labute approximate surface area is 154 Å². The molecule has 0 aromatic heterocycles. The molecule has 0 saturated carbocycles. The van der Waals surface area contributed by atoms with Crippen molar-refractivity contribution in [2.24, 2.45) is 11.1 Å². The van der Waals surface area contributed by atoms with Crippen LogP contribution in [0, 0.1) is 5.92 Å². The summed E-state index contributed by atoms with van der Waals surface area (Å²) < 4.78 is 10.5. The topological polar surface area (TPSA) is 80.7 Å². The van der Waals surface area contributed by atoms with E-state index in [4.69, 9.17) is 14.3 Å². The predicted octanol–water partition coefficient (Wildman–Crippen LogP) is 1.98. The second-order valence-corrected chi connectivity index (χ2v) is 8.31. The zero-order chi connectivity index (χ0) is 18.9. The van der Waals surface area contributed by atoms with Gasteiger partial charge in [-0.05, 0) is 40.5 Å². The highest BCUT2D eigenvalue weighted by Gasteiger charge is 2.53. The number of rotatable bonds is 2. The molecule has 2 saturated heterocycles. The lowest BCUT2D eigenvalue weighted by atomic mass is 9.89. The number of esters is 1. The van der Waals surface area contributed by atoms with Crippen LogP contribution in [0.1, 0.15) is 47.0 Å². The normalized spacial score (nSPS) is 22.5. The summed E-state index contributed by atoms with van der Waals surface area (Å²) in [5, 5.41) is 4.26. The van der Waals surface area contributed by atoms with Crippen LogP contribution in [0.3, 0.4) is 0 Å². The molecular formula is C18H29N3O5. The molecule has 0 aromatic carbocycles. The van der Waals surface area contributed by atoms with Crippen molar-refractivity contribution < 1.29 is 23.9 Å². The maximum absolute atomic E-state index is 12.1. The Bertz CT molecular complexity index is 584. The summed E-state index contributed by atoms with van der Waals surface area (Å²) in [5.41, 5.74) is -0.911. The fraction of sp³-hybridized carbons (Fsp3) is 0.833. The lowest BCUT2D eigenvalue weighted by Crippen LogP contribution is -2.64. The van der Waals surface area contributed by atoms with E-state index in [1.54, 1.807) is 4.90 Å². The predicted molar refractivity (Wildman–Crippen MR) is 94.6 cm³/mol. The van der Waals surface area contributed by atoms with Gasteiger partial charge in [0.2, 0.25) is 0 Å². The van der Waals surface area contributed by atoms with Crippen molar-refractivity contribution in [3.05, 3.63) is 0 Å². The molecule has 0 radical (unpaired) electrons. The molecule has 8 nitrogen and oxygen atoms in total. The number of hydrogen-bond donors (Lipinski definition) is 0. The van der Waals surface area contributed by atoms with Crippen LogP contribution in [0.4, 0.5) is 4.79 Å². The summed E-state index contributed by atoms with van der Waals surface area (Å²) >= 11 is 0. The quantitative estimate of drug-likeness (QED) is 0.695. The number of nitrogens with zero attached hydrogens (tertiary/aromatic N) is 3. The van der Waals surface area contributed by atoms with E-state index in [2.05, 4.69) is 10.1 Å². The van der Waals surface area contributed by atoms with E-state index in [0.29, 0.717) is 26.1 Å². The molecule has 1 spiro atoms. The highest BCUT2D eigenvalue weighted by molar-refractivity contribution is 5.85. The Hall–Kier alpha value is -1.99. The number of carbonyl (C=O) groups excluding carboxylic acids is 2. The van der Waals surface area contributed by atoms with Gasteiger partial charge < -0.3 is 19.2 Å². The van der Waals surface area contributed by atoms with E-state index in [0.717, 1.165) is 31.8 Å². The van der Waals surface area contributed by atoms with Crippen LogP contribution >= 0.6 is 0 Å². The third kappa shape index (κ3) is 4.04. The minimum absolute atomic E-state index is 0.0190. The van der Waals surface area contributed by atoms with Crippen LogP contribution in [0.5, 0.6) is 0 Å². The summed E-state index contributed by atoms with van der Waals surface area (Å²) in [5.74, 6) is 0.797. The van der Waals surface area contributed by atoms with E-state index in [-0.39, 0.29) is 18.0 Å². The standard InChI is InChI=1S/C18H29N3O5/c1-5-24-15(22)13-6-8-20(9-7-13)14-10-18(26-19-14)11-21(12-18)16(23)25-17(2,3)4/h13H,5-12H2,1-4H3. The van der Waals surface area contributed by atoms with Gasteiger partial charge >= 0.3 is 12.1 Å². The van der Waals surface area contributed by atoms with Crippen molar-refractivity contribution in [3.63, 3.8) is 0 Å². The maximum Gasteiger partial charge on any atom is 0.410 e. The molecule has 0 N–H and O–H groups in total. The summed E-state index contributed by atoms with van der Waals surface area (Å²) in [6, 6.07) is 0. The SMILES string of the molecule is CCOC(=O)C1CCN(C2=NOC3(C2)CN(C(=O)OC(C)(C)C)C3)CC1. The van der Waals surface area contributed by atoms with Gasteiger partial charge in [0.15, 0.2) is 5.60 Å². The molecule has 1 amide bonds. The Morgan fingerprint density at radius 1 is 1.27 bits per heavy atom. The third-order valence-electron chi connectivity index (χ3n) is 4.91. The van der Waals surface area contributed by atoms with Crippen molar-refractivity contribution in [1.82, 2.24) is 9.80 Å². The molecule has 8 heteroatoms. The lowest BCUT2D eigenvalue weighted by Gasteiger charge is -2.45. The summed E-state index contributed by atoms with van der Waals surface area (Å²) in [6.45, 7) is 10.4. The molecule has 2 fully saturated rings. The van der Waals surface area contributed by atoms with Gasteiger partial charge in [-0.3, -0.25) is 9.69 Å². The number of amides is 1. The monoisotopic (exact) mass is 367 g/mol. The number of piperidine rings is 1. The first kappa shape index (κ1) is 18.8. The van der Waals surface area contributed by atoms with Crippen LogP contribution in [0.25, 0.3) is 0 Å². The fourth-order valence-electron chi connectivity index (χ4n) is 3.58. The molecule has 146 valence electrons. The molecule has 0 atom stereocenters. The minimum Gasteiger partial charge on any atom is -0.466 e. The summed E-state index contributed by atoms with van der Waals surface area (Å²) in [7, 11) is 0. The molecule has 0 aliphatic carbocycles. The van der Waals surface area contributed by atoms with E-state index in [1.807, 2.05) is 27.7 Å². The first-order chi connectivity index (χ1) is 12.2. The fourth-order valence-corrected chi connectivity index (χ4v) is 3.58. The molecular weight excluding hydrogens is 338 g/mol. The van der Waals surface area contributed by atoms with Crippen LogP contribution in [-0.2, 0) is 19.1 Å². The summed E-state index contributed by atoms with van der Waals surface area (Å²) in [4.78, 5) is 33.4. The highest BCUT2D eigenvalue weighted by Crippen LogP contribution is 2.36. The summed E-state index contributed by atoms with van der Waals surface area (Å²) in [6.07, 6.45) is 1.93. The maximum atomic E-state index is 12.1. The number of carbonyl (C=O) groups is 2. The number of hydrogen-bond acceptors (Lipinski definition) is 7. The molecule has 3 aliphatic rings. The zero-order valence-electron chi connectivity index (χ0n) is 16.1. The van der Waals surface area contributed by atoms with Crippen LogP contribution in [-0.4, -0.2) is 71.7 Å². The first-order valence-electron chi connectivity index (χ1n) is 9.36. The molecule has 26 heavy (non-hydrogen) atoms. The number of ether oxygens (including phenoxy) is 2. The van der Waals surface area contributed by atoms with Crippen molar-refractivity contribution >= 4 is 17.9 Å². The molecule has 0 aromatic rings. The van der Waals surface area contributed by atoms with Gasteiger partial charge in [-0.25, -0.2) is 4.79 Å². The second kappa shape index (κ2) is 6.96. The van der Waals surface area contributed by atoms with Gasteiger partial charge in [0, 0.05) is 13.1 Å². The number of likely N-dealkylation sites (tertiary alicyclic amines) is 2. The van der Waals surface area contributed by atoms with Gasteiger partial charge in [0.1, 0.15) is 11.4 Å². The van der Waals surface area contributed by atoms with Gasteiger partial charge in [-0.2, -0.15) is 0 Å². The lowest BCUT2D eigenvalue weighted by molar-refractivity contribution is -0.149. The highest BCUT2D eigenvalue weighted by atomic mass is 16.7. The Morgan fingerprint density at radius 2 is 1.92 bits per heavy atom. The number of oxime groups is 1. The van der Waals surface area contributed by atoms with Crippen molar-refractivity contribution in [1.29, 1.82) is 0 Å². The van der Waals surface area contributed by atoms with E-state index < -0.39 is 11.2 Å². The van der Waals surface area contributed by atoms with Gasteiger partial charge in [-0.15, -0.1) is 0 Å². The van der Waals surface area contributed by atoms with Crippen molar-refractivity contribution in [3.8, 4) is 0 Å². The van der Waals surface area contributed by atoms with Crippen LogP contribution in [0.2, 0.25) is 0 Å². The first-order valence-corrected chi connectivity index (χ1v) is 9.36. The molecule has 3 aliphatic heterocycles. The molecule has 0 unspecified atom stereocenters. The average molecular weight is 367 g/mol. The van der Waals surface area contributed by atoms with Crippen LogP contribution < -0.4 is 0 Å². The van der Waals surface area contributed by atoms with E-state index >= 15 is 0 Å². The van der Waals surface area contributed by atoms with Gasteiger partial charge in [0.25, 0.3) is 0 Å². The van der Waals surface area contributed by atoms with E-state index in [9.17, 15) is 9.59 Å². The molecule has 3 rings (SSSR count). The average Bonchev–Trinajstić information content (AvgIpc) is 2.98. The van der Waals surface area contributed by atoms with Crippen LogP contribution in [0.15, 0.2) is 5.16 Å². The molecule has 0 bridgehead atoms. The van der Waals surface area contributed by atoms with E-state index in [1.165, 1.54) is 0 Å². The number of amidine groups is 1. The molecule has 3 heterocycles. The Kier molecular flexibility index (Phi) is 5.03. The second-order valence-electron chi connectivity index (χ2n) is 8.31. The van der Waals surface area contributed by atoms with Gasteiger partial charge in [0.05, 0.1) is 32.0 Å². The smallest absolute Gasteiger partial charge is 0.410 e. The zero-order valence-corrected chi connectivity index (χ0v) is 16.1.